The maximum atomic E-state index is 13.2. The molecule has 0 radical (unpaired) electrons. The van der Waals surface area contributed by atoms with Gasteiger partial charge in [-0.2, -0.15) is 0 Å². The molecule has 0 unspecified atom stereocenters. The summed E-state index contributed by atoms with van der Waals surface area (Å²) in [5.74, 6) is -0.417. The van der Waals surface area contributed by atoms with Gasteiger partial charge in [0, 0.05) is 29.6 Å². The normalized spacial score (nSPS) is 13.6. The summed E-state index contributed by atoms with van der Waals surface area (Å²) in [6.45, 7) is 2.03. The molecular formula is C23H25N5O4S2. The number of H-pyrrole nitrogens is 1. The lowest BCUT2D eigenvalue weighted by molar-refractivity contribution is -0.142. The summed E-state index contributed by atoms with van der Waals surface area (Å²) < 4.78 is 5.93. The molecule has 1 aliphatic carbocycles. The first-order valence-electron chi connectivity index (χ1n) is 11.1. The number of hydrogen-bond donors (Lipinski definition) is 3. The van der Waals surface area contributed by atoms with E-state index in [9.17, 15) is 14.4 Å². The lowest BCUT2D eigenvalue weighted by atomic mass is 9.91. The zero-order chi connectivity index (χ0) is 23.9. The fourth-order valence-corrected chi connectivity index (χ4v) is 5.56. The molecule has 2 amide bonds. The fourth-order valence-electron chi connectivity index (χ4n) is 3.84. The van der Waals surface area contributed by atoms with Crippen molar-refractivity contribution >= 4 is 51.7 Å². The molecule has 178 valence electrons. The molecule has 2 aromatic heterocycles. The number of esters is 1. The minimum absolute atomic E-state index is 0.0142. The number of carbonyl (C=O) groups is 3. The third-order valence-corrected chi connectivity index (χ3v) is 7.31. The first-order valence-corrected chi connectivity index (χ1v) is 12.7. The van der Waals surface area contributed by atoms with E-state index in [1.807, 2.05) is 0 Å². The van der Waals surface area contributed by atoms with Crippen LogP contribution in [0.15, 0.2) is 46.2 Å². The van der Waals surface area contributed by atoms with Crippen LogP contribution >= 0.6 is 23.1 Å². The highest BCUT2D eigenvalue weighted by Gasteiger charge is 2.26. The van der Waals surface area contributed by atoms with Crippen molar-refractivity contribution in [3.8, 4) is 0 Å². The molecule has 2 heterocycles. The summed E-state index contributed by atoms with van der Waals surface area (Å²) in [4.78, 5) is 49.1. The number of imidazole rings is 1. The van der Waals surface area contributed by atoms with E-state index >= 15 is 0 Å². The number of ether oxygens (including phenoxy) is 1. The van der Waals surface area contributed by atoms with Gasteiger partial charge in [-0.15, -0.1) is 0 Å². The number of hydrogen-bond acceptors (Lipinski definition) is 8. The van der Waals surface area contributed by atoms with Gasteiger partial charge in [-0.3, -0.25) is 14.9 Å². The zero-order valence-electron chi connectivity index (χ0n) is 18.6. The van der Waals surface area contributed by atoms with Gasteiger partial charge in [0.15, 0.2) is 16.1 Å². The minimum atomic E-state index is -0.471. The lowest BCUT2D eigenvalue weighted by Crippen LogP contribution is -2.21. The Bertz CT molecular complexity index is 1160. The van der Waals surface area contributed by atoms with Gasteiger partial charge in [-0.1, -0.05) is 30.2 Å². The molecule has 0 bridgehead atoms. The molecule has 34 heavy (non-hydrogen) atoms. The van der Waals surface area contributed by atoms with E-state index in [2.05, 4.69) is 25.6 Å². The number of Topliss-reactive ketones (excluding diaryl/α,β-unsaturated/α-hetero) is 1. The van der Waals surface area contributed by atoms with Crippen LogP contribution in [0.3, 0.4) is 0 Å². The number of aromatic amines is 1. The number of benzene rings is 1. The van der Waals surface area contributed by atoms with Crippen LogP contribution in [0.4, 0.5) is 15.6 Å². The second-order valence-electron chi connectivity index (χ2n) is 7.76. The summed E-state index contributed by atoms with van der Waals surface area (Å²) >= 11 is 2.74. The van der Waals surface area contributed by atoms with Crippen molar-refractivity contribution in [2.45, 2.75) is 48.4 Å². The first kappa shape index (κ1) is 24.0. The molecule has 1 saturated carbocycles. The summed E-state index contributed by atoms with van der Waals surface area (Å²) in [6, 6.07) is 4.56. The van der Waals surface area contributed by atoms with Gasteiger partial charge in [0.1, 0.15) is 0 Å². The van der Waals surface area contributed by atoms with Crippen LogP contribution in [-0.4, -0.2) is 39.3 Å². The van der Waals surface area contributed by atoms with E-state index in [-0.39, 0.29) is 30.7 Å². The molecule has 9 nitrogen and oxygen atoms in total. The van der Waals surface area contributed by atoms with Crippen molar-refractivity contribution in [3.05, 3.63) is 47.9 Å². The number of urea groups is 1. The number of ketones is 1. The van der Waals surface area contributed by atoms with Gasteiger partial charge in [0.25, 0.3) is 0 Å². The lowest BCUT2D eigenvalue weighted by Gasteiger charge is -2.15. The molecule has 0 saturated heterocycles. The second kappa shape index (κ2) is 11.3. The smallest absolute Gasteiger partial charge is 0.325 e. The van der Waals surface area contributed by atoms with Gasteiger partial charge in [0.2, 0.25) is 0 Å². The largest absolute Gasteiger partial charge is 0.466 e. The van der Waals surface area contributed by atoms with E-state index in [4.69, 9.17) is 4.74 Å². The van der Waals surface area contributed by atoms with E-state index in [1.54, 1.807) is 43.7 Å². The minimum Gasteiger partial charge on any atom is -0.466 e. The molecule has 3 N–H and O–H groups in total. The van der Waals surface area contributed by atoms with Crippen molar-refractivity contribution in [3.63, 3.8) is 0 Å². The van der Waals surface area contributed by atoms with E-state index in [0.29, 0.717) is 21.9 Å². The second-order valence-corrected chi connectivity index (χ2v) is 10.1. The number of rotatable bonds is 9. The predicted octanol–water partition coefficient (Wildman–Crippen LogP) is 5.14. The molecule has 3 aromatic rings. The van der Waals surface area contributed by atoms with Crippen LogP contribution in [0.1, 0.15) is 48.5 Å². The highest BCUT2D eigenvalue weighted by Crippen LogP contribution is 2.32. The van der Waals surface area contributed by atoms with E-state index in [1.165, 1.54) is 23.1 Å². The maximum Gasteiger partial charge on any atom is 0.325 e. The molecule has 11 heteroatoms. The third-order valence-electron chi connectivity index (χ3n) is 5.37. The monoisotopic (exact) mass is 499 g/mol. The fraction of sp³-hybridized carbons (Fsp3) is 0.348. The Hall–Kier alpha value is -3.18. The van der Waals surface area contributed by atoms with Crippen LogP contribution in [0.5, 0.6) is 0 Å². The quantitative estimate of drug-likeness (QED) is 0.275. The van der Waals surface area contributed by atoms with Crippen LogP contribution < -0.4 is 10.6 Å². The van der Waals surface area contributed by atoms with Gasteiger partial charge < -0.3 is 15.0 Å². The van der Waals surface area contributed by atoms with E-state index < -0.39 is 6.03 Å². The van der Waals surface area contributed by atoms with Gasteiger partial charge in [-0.25, -0.2) is 14.8 Å². The molecule has 1 aliphatic rings. The third kappa shape index (κ3) is 6.23. The Morgan fingerprint density at radius 1 is 1.21 bits per heavy atom. The van der Waals surface area contributed by atoms with Gasteiger partial charge >= 0.3 is 12.0 Å². The summed E-state index contributed by atoms with van der Waals surface area (Å²) in [7, 11) is 0. The standard InChI is InChI=1S/C23H25N5O4S2/c1-2-32-18(29)11-15-7-8-16(12-17(15)20(30)14-5-3-4-6-14)27-21(31)28-23-26-13-19(34-23)33-22-24-9-10-25-22/h7-10,12-14H,2-6,11H2,1H3,(H,24,25)(H2,26,27,28,31). The molecule has 0 spiro atoms. The van der Waals surface area contributed by atoms with Crippen molar-refractivity contribution in [2.75, 3.05) is 17.2 Å². The van der Waals surface area contributed by atoms with Crippen molar-refractivity contribution in [2.24, 2.45) is 5.92 Å². The number of carbonyl (C=O) groups excluding carboxylic acids is 3. The zero-order valence-corrected chi connectivity index (χ0v) is 20.3. The Morgan fingerprint density at radius 3 is 2.76 bits per heavy atom. The highest BCUT2D eigenvalue weighted by atomic mass is 32.2. The summed E-state index contributed by atoms with van der Waals surface area (Å²) in [6.07, 6.45) is 8.82. The molecule has 4 rings (SSSR count). The SMILES string of the molecule is CCOC(=O)Cc1ccc(NC(=O)Nc2ncc(Sc3ncc[nH]3)s2)cc1C(=O)C1CCCC1. The number of thiazole rings is 1. The summed E-state index contributed by atoms with van der Waals surface area (Å²) in [5.41, 5.74) is 1.54. The van der Waals surface area contributed by atoms with Crippen molar-refractivity contribution in [1.29, 1.82) is 0 Å². The molecule has 0 atom stereocenters. The van der Waals surface area contributed by atoms with Gasteiger partial charge in [-0.05, 0) is 49.2 Å². The number of aromatic nitrogens is 3. The van der Waals surface area contributed by atoms with Crippen LogP contribution in [0.2, 0.25) is 0 Å². The predicted molar refractivity (Wildman–Crippen MR) is 131 cm³/mol. The number of amides is 2. The number of nitrogens with zero attached hydrogens (tertiary/aromatic N) is 2. The van der Waals surface area contributed by atoms with E-state index in [0.717, 1.165) is 35.0 Å². The maximum absolute atomic E-state index is 13.2. The van der Waals surface area contributed by atoms with Crippen LogP contribution in [0, 0.1) is 5.92 Å². The summed E-state index contributed by atoms with van der Waals surface area (Å²) in [5, 5.41) is 6.65. The molecular weight excluding hydrogens is 474 g/mol. The highest BCUT2D eigenvalue weighted by molar-refractivity contribution is 8.01. The topological polar surface area (TPSA) is 126 Å². The number of anilines is 2. The Morgan fingerprint density at radius 2 is 2.03 bits per heavy atom. The first-order chi connectivity index (χ1) is 16.5. The Labute approximate surface area is 205 Å². The number of nitrogens with one attached hydrogen (secondary N) is 3. The average Bonchev–Trinajstić information content (AvgIpc) is 3.58. The van der Waals surface area contributed by atoms with Crippen molar-refractivity contribution in [1.82, 2.24) is 15.0 Å². The van der Waals surface area contributed by atoms with Crippen molar-refractivity contribution < 1.29 is 19.1 Å². The van der Waals surface area contributed by atoms with Crippen LogP contribution in [-0.2, 0) is 16.0 Å². The average molecular weight is 500 g/mol. The molecule has 1 aromatic carbocycles. The Balaban J connectivity index is 1.44. The Kier molecular flexibility index (Phi) is 7.96. The van der Waals surface area contributed by atoms with Crippen LogP contribution in [0.25, 0.3) is 0 Å². The van der Waals surface area contributed by atoms with Gasteiger partial charge in [0.05, 0.1) is 23.4 Å². The molecule has 0 aliphatic heterocycles. The molecule has 1 fully saturated rings.